The number of carbonyl (C=O) groups is 5. The molecule has 3 aromatic heterocycles. The highest BCUT2D eigenvalue weighted by molar-refractivity contribution is 5.98. The molecule has 0 radical (unpaired) electrons. The van der Waals surface area contributed by atoms with Crippen molar-refractivity contribution in [2.45, 2.75) is 62.8 Å². The van der Waals surface area contributed by atoms with Gasteiger partial charge in [0.25, 0.3) is 0 Å². The van der Waals surface area contributed by atoms with Crippen molar-refractivity contribution < 1.29 is 24.0 Å². The van der Waals surface area contributed by atoms with E-state index in [2.05, 4.69) is 46.5 Å². The third kappa shape index (κ3) is 8.17. The number of imidazole rings is 1. The lowest BCUT2D eigenvalue weighted by Crippen LogP contribution is -2.59. The topological polar surface area (TPSA) is 206 Å². The molecule has 14 nitrogen and oxygen atoms in total. The van der Waals surface area contributed by atoms with E-state index in [0.717, 1.165) is 38.5 Å². The highest BCUT2D eigenvalue weighted by Crippen LogP contribution is 2.21. The number of amides is 5. The normalized spacial score (nSPS) is 21.7. The maximum absolute atomic E-state index is 14.2. The molecule has 14 heteroatoms. The van der Waals surface area contributed by atoms with Crippen LogP contribution in [0.15, 0.2) is 104 Å². The van der Waals surface area contributed by atoms with E-state index in [4.69, 9.17) is 0 Å². The van der Waals surface area contributed by atoms with Crippen molar-refractivity contribution in [3.63, 3.8) is 0 Å². The second kappa shape index (κ2) is 15.9. The largest absolute Gasteiger partial charge is 0.361 e. The smallest absolute Gasteiger partial charge is 0.243 e. The number of fused-ring (bicyclic) bond motifs is 2. The van der Waals surface area contributed by atoms with E-state index in [-0.39, 0.29) is 25.7 Å². The number of nitrogens with one attached hydrogen (secondary N) is 8. The van der Waals surface area contributed by atoms with Crippen LogP contribution in [0.25, 0.3) is 21.8 Å². The lowest BCUT2D eigenvalue weighted by Gasteiger charge is -2.26. The molecule has 0 unspecified atom stereocenters. The van der Waals surface area contributed by atoms with Gasteiger partial charge in [-0.2, -0.15) is 0 Å². The Morgan fingerprint density at radius 2 is 0.963 bits per heavy atom. The molecule has 7 rings (SSSR count). The molecule has 0 bridgehead atoms. The van der Waals surface area contributed by atoms with Crippen molar-refractivity contribution >= 4 is 51.3 Å². The van der Waals surface area contributed by atoms with Crippen LogP contribution in [-0.2, 0) is 49.7 Å². The fourth-order valence-corrected chi connectivity index (χ4v) is 6.84. The van der Waals surface area contributed by atoms with E-state index in [0.29, 0.717) is 5.69 Å². The van der Waals surface area contributed by atoms with Gasteiger partial charge in [0.2, 0.25) is 29.5 Å². The first-order chi connectivity index (χ1) is 26.2. The van der Waals surface area contributed by atoms with Crippen molar-refractivity contribution in [1.29, 1.82) is 0 Å². The lowest BCUT2D eigenvalue weighted by molar-refractivity contribution is -0.133. The maximum Gasteiger partial charge on any atom is 0.243 e. The molecule has 5 amide bonds. The van der Waals surface area contributed by atoms with Crippen LogP contribution in [0.3, 0.4) is 0 Å². The summed E-state index contributed by atoms with van der Waals surface area (Å²) in [7, 11) is 0. The molecular weight excluding hydrogens is 686 g/mol. The Bertz CT molecular complexity index is 2280. The van der Waals surface area contributed by atoms with Gasteiger partial charge < -0.3 is 41.5 Å². The van der Waals surface area contributed by atoms with Gasteiger partial charge in [-0.3, -0.25) is 24.0 Å². The molecule has 4 heterocycles. The van der Waals surface area contributed by atoms with Crippen molar-refractivity contribution in [3.05, 3.63) is 126 Å². The second-order valence-corrected chi connectivity index (χ2v) is 13.6. The SMILES string of the molecule is C[C@@H]1NC(=O)[C@@H](Cc2c[nH]c3ccccc23)NC(=O)[C@H](Cc2cnc[nH]2)NC(=O)[C@@H](Cc2ccccc2)NC(=O)[C@H](Cc2c[nH]c3ccccc23)NC1=O. The van der Waals surface area contributed by atoms with Gasteiger partial charge >= 0.3 is 0 Å². The monoisotopic (exact) mass is 727 g/mol. The predicted octanol–water partition coefficient (Wildman–Crippen LogP) is 2.10. The number of hydrogen-bond donors (Lipinski definition) is 8. The molecule has 1 saturated heterocycles. The summed E-state index contributed by atoms with van der Waals surface area (Å²) in [6, 6.07) is 18.7. The summed E-state index contributed by atoms with van der Waals surface area (Å²) in [5, 5.41) is 15.9. The van der Waals surface area contributed by atoms with Crippen LogP contribution in [-0.4, -0.2) is 79.7 Å². The highest BCUT2D eigenvalue weighted by atomic mass is 16.2. The molecule has 3 aromatic carbocycles. The number of benzene rings is 3. The van der Waals surface area contributed by atoms with Crippen molar-refractivity contribution in [2.24, 2.45) is 0 Å². The molecule has 5 atom stereocenters. The molecular formula is C40H41N9O5. The van der Waals surface area contributed by atoms with Gasteiger partial charge in [-0.25, -0.2) is 4.98 Å². The Kier molecular flexibility index (Phi) is 10.5. The molecule has 0 spiro atoms. The van der Waals surface area contributed by atoms with Gasteiger partial charge in [0.05, 0.1) is 6.33 Å². The number of hydrogen-bond acceptors (Lipinski definition) is 6. The number of carbonyl (C=O) groups excluding carboxylic acids is 5. The Balaban J connectivity index is 1.25. The fraction of sp³-hybridized carbons (Fsp3) is 0.250. The Morgan fingerprint density at radius 3 is 1.50 bits per heavy atom. The molecule has 1 fully saturated rings. The number of rotatable bonds is 8. The summed E-state index contributed by atoms with van der Waals surface area (Å²) in [4.78, 5) is 83.9. The molecule has 6 aromatic rings. The first-order valence-electron chi connectivity index (χ1n) is 17.8. The van der Waals surface area contributed by atoms with Crippen LogP contribution in [0.4, 0.5) is 0 Å². The summed E-state index contributed by atoms with van der Waals surface area (Å²) in [5.74, 6) is -3.09. The summed E-state index contributed by atoms with van der Waals surface area (Å²) in [5.41, 5.74) is 4.60. The Morgan fingerprint density at radius 1 is 0.500 bits per heavy atom. The van der Waals surface area contributed by atoms with Gasteiger partial charge in [-0.1, -0.05) is 66.7 Å². The molecule has 0 saturated carbocycles. The van der Waals surface area contributed by atoms with Crippen LogP contribution in [0, 0.1) is 0 Å². The average molecular weight is 728 g/mol. The number of para-hydroxylation sites is 2. The molecule has 54 heavy (non-hydrogen) atoms. The highest BCUT2D eigenvalue weighted by Gasteiger charge is 2.34. The number of nitrogens with zero attached hydrogens (tertiary/aromatic N) is 1. The number of aromatic amines is 3. The molecule has 276 valence electrons. The van der Waals surface area contributed by atoms with E-state index >= 15 is 0 Å². The van der Waals surface area contributed by atoms with Gasteiger partial charge in [0.15, 0.2) is 0 Å². The maximum atomic E-state index is 14.2. The second-order valence-electron chi connectivity index (χ2n) is 13.6. The minimum absolute atomic E-state index is 0.0185. The van der Waals surface area contributed by atoms with E-state index in [1.54, 1.807) is 18.6 Å². The zero-order chi connectivity index (χ0) is 37.6. The minimum atomic E-state index is -1.17. The zero-order valence-electron chi connectivity index (χ0n) is 29.5. The van der Waals surface area contributed by atoms with Crippen molar-refractivity contribution in [1.82, 2.24) is 46.5 Å². The van der Waals surface area contributed by atoms with Crippen LogP contribution >= 0.6 is 0 Å². The van der Waals surface area contributed by atoms with Crippen LogP contribution in [0.1, 0.15) is 29.3 Å². The van der Waals surface area contributed by atoms with E-state index in [1.165, 1.54) is 13.3 Å². The Labute approximate surface area is 310 Å². The fourth-order valence-electron chi connectivity index (χ4n) is 6.84. The van der Waals surface area contributed by atoms with E-state index in [9.17, 15) is 24.0 Å². The summed E-state index contributed by atoms with van der Waals surface area (Å²) in [6.07, 6.45) is 6.87. The standard InChI is InChI=1S/C40H41N9O5/c1-23-36(50)46-34(17-26-20-43-31-14-8-6-12-29(26)31)39(53)47-32(15-24-9-3-2-4-10-24)38(52)49-35(18-27-21-41-22-44-27)40(54)48-33(37(51)45-23)16-25-19-42-30-13-7-5-11-28(25)30/h2-14,19-23,32-35,42-43H,15-18H2,1H3,(H,41,44)(H,45,51)(H,46,50)(H,47,53)(H,48,54)(H,49,52)/t23-,32+,33+,34-,35-/m0/s1. The van der Waals surface area contributed by atoms with E-state index in [1.807, 2.05) is 78.9 Å². The number of H-pyrrole nitrogens is 3. The average Bonchev–Trinajstić information content (AvgIpc) is 3.94. The minimum Gasteiger partial charge on any atom is -0.361 e. The number of aromatic nitrogens is 4. The third-order valence-corrected chi connectivity index (χ3v) is 9.74. The quantitative estimate of drug-likeness (QED) is 0.118. The summed E-state index contributed by atoms with van der Waals surface area (Å²) < 4.78 is 0. The lowest BCUT2D eigenvalue weighted by atomic mass is 10.0. The third-order valence-electron chi connectivity index (χ3n) is 9.74. The first-order valence-corrected chi connectivity index (χ1v) is 17.8. The van der Waals surface area contributed by atoms with Crippen LogP contribution < -0.4 is 26.6 Å². The van der Waals surface area contributed by atoms with Crippen molar-refractivity contribution in [2.75, 3.05) is 0 Å². The van der Waals surface area contributed by atoms with E-state index < -0.39 is 59.7 Å². The Hall–Kier alpha value is -6.70. The molecule has 1 aliphatic rings. The first kappa shape index (κ1) is 35.7. The predicted molar refractivity (Wildman–Crippen MR) is 202 cm³/mol. The summed E-state index contributed by atoms with van der Waals surface area (Å²) >= 11 is 0. The van der Waals surface area contributed by atoms with Gasteiger partial charge in [-0.15, -0.1) is 0 Å². The van der Waals surface area contributed by atoms with Gasteiger partial charge in [0.1, 0.15) is 30.2 Å². The van der Waals surface area contributed by atoms with Crippen LogP contribution in [0.5, 0.6) is 0 Å². The van der Waals surface area contributed by atoms with Gasteiger partial charge in [0, 0.05) is 71.8 Å². The molecule has 8 N–H and O–H groups in total. The molecule has 0 aliphatic carbocycles. The van der Waals surface area contributed by atoms with Gasteiger partial charge in [-0.05, 0) is 35.7 Å². The van der Waals surface area contributed by atoms with Crippen molar-refractivity contribution in [3.8, 4) is 0 Å². The summed E-state index contributed by atoms with van der Waals surface area (Å²) in [6.45, 7) is 1.51. The zero-order valence-corrected chi connectivity index (χ0v) is 29.5. The molecule has 1 aliphatic heterocycles. The van der Waals surface area contributed by atoms with Crippen LogP contribution in [0.2, 0.25) is 0 Å².